The van der Waals surface area contributed by atoms with Crippen LogP contribution in [0.5, 0.6) is 5.75 Å². The number of carbonyl (C=O) groups is 3. The highest BCUT2D eigenvalue weighted by molar-refractivity contribution is 5.99. The van der Waals surface area contributed by atoms with Gasteiger partial charge in [-0.3, -0.25) is 19.7 Å². The highest BCUT2D eigenvalue weighted by Crippen LogP contribution is 2.22. The van der Waals surface area contributed by atoms with Crippen molar-refractivity contribution in [1.29, 1.82) is 0 Å². The summed E-state index contributed by atoms with van der Waals surface area (Å²) in [4.78, 5) is 51.3. The van der Waals surface area contributed by atoms with Crippen LogP contribution in [0, 0.1) is 17.0 Å². The number of piperazine rings is 1. The smallest absolute Gasteiger partial charge is 0.338 e. The van der Waals surface area contributed by atoms with Crippen LogP contribution in [0.1, 0.15) is 36.6 Å². The van der Waals surface area contributed by atoms with Crippen LogP contribution in [-0.4, -0.2) is 72.9 Å². The maximum absolute atomic E-state index is 12.9. The first kappa shape index (κ1) is 22.7. The molecule has 1 aliphatic rings. The number of non-ortho nitro benzene ring substituents is 1. The van der Waals surface area contributed by atoms with E-state index in [0.717, 1.165) is 24.8 Å². The minimum Gasteiger partial charge on any atom is -0.496 e. The number of nitro groups is 1. The van der Waals surface area contributed by atoms with Gasteiger partial charge in [-0.25, -0.2) is 4.79 Å². The molecular formula is C22H23N3O7. The summed E-state index contributed by atoms with van der Waals surface area (Å²) < 4.78 is 9.90. The molecule has 168 valence electrons. The van der Waals surface area contributed by atoms with E-state index in [9.17, 15) is 24.5 Å². The second kappa shape index (κ2) is 9.46. The molecule has 10 heteroatoms. The first-order valence-corrected chi connectivity index (χ1v) is 9.86. The molecule has 0 atom stereocenters. The summed E-state index contributed by atoms with van der Waals surface area (Å²) >= 11 is 0. The molecule has 2 aromatic rings. The van der Waals surface area contributed by atoms with Crippen LogP contribution in [0.15, 0.2) is 36.4 Å². The lowest BCUT2D eigenvalue weighted by Gasteiger charge is -2.35. The van der Waals surface area contributed by atoms with E-state index in [-0.39, 0.29) is 35.8 Å². The van der Waals surface area contributed by atoms with Crippen LogP contribution in [0.25, 0.3) is 0 Å². The van der Waals surface area contributed by atoms with Gasteiger partial charge in [-0.15, -0.1) is 0 Å². The minimum absolute atomic E-state index is 0.0163. The van der Waals surface area contributed by atoms with Crippen molar-refractivity contribution < 1.29 is 28.8 Å². The SMILES string of the molecule is COC(=O)c1cc(C(=O)N2CCN(C(=O)c3ccc(C)c(OC)c3)CC2)cc([N+](=O)[O-])c1. The summed E-state index contributed by atoms with van der Waals surface area (Å²) in [6.45, 7) is 3.00. The summed E-state index contributed by atoms with van der Waals surface area (Å²) in [7, 11) is 2.70. The van der Waals surface area contributed by atoms with Crippen molar-refractivity contribution in [3.63, 3.8) is 0 Å². The lowest BCUT2D eigenvalue weighted by molar-refractivity contribution is -0.384. The molecule has 0 saturated carbocycles. The number of rotatable bonds is 5. The number of amides is 2. The lowest BCUT2D eigenvalue weighted by atomic mass is 10.1. The normalized spacial score (nSPS) is 13.5. The molecule has 0 N–H and O–H groups in total. The maximum Gasteiger partial charge on any atom is 0.338 e. The molecule has 2 aromatic carbocycles. The molecule has 1 fully saturated rings. The fourth-order valence-electron chi connectivity index (χ4n) is 3.51. The van der Waals surface area contributed by atoms with E-state index in [1.807, 2.05) is 13.0 Å². The lowest BCUT2D eigenvalue weighted by Crippen LogP contribution is -2.50. The maximum atomic E-state index is 12.9. The van der Waals surface area contributed by atoms with Crippen molar-refractivity contribution in [3.05, 3.63) is 68.8 Å². The highest BCUT2D eigenvalue weighted by Gasteiger charge is 2.27. The summed E-state index contributed by atoms with van der Waals surface area (Å²) in [5.74, 6) is -0.773. The van der Waals surface area contributed by atoms with E-state index in [1.165, 1.54) is 11.0 Å². The largest absolute Gasteiger partial charge is 0.496 e. The summed E-state index contributed by atoms with van der Waals surface area (Å²) in [5.41, 5.74) is 0.976. The molecule has 0 aliphatic carbocycles. The monoisotopic (exact) mass is 441 g/mol. The Balaban J connectivity index is 1.73. The second-order valence-corrected chi connectivity index (χ2v) is 7.29. The molecule has 0 radical (unpaired) electrons. The molecule has 1 saturated heterocycles. The number of hydrogen-bond donors (Lipinski definition) is 0. The molecular weight excluding hydrogens is 418 g/mol. The van der Waals surface area contributed by atoms with E-state index in [4.69, 9.17) is 4.74 Å². The molecule has 2 amide bonds. The Labute approximate surface area is 184 Å². The Kier molecular flexibility index (Phi) is 6.72. The van der Waals surface area contributed by atoms with Crippen molar-refractivity contribution in [1.82, 2.24) is 9.80 Å². The molecule has 3 rings (SSSR count). The van der Waals surface area contributed by atoms with Crippen LogP contribution in [0.2, 0.25) is 0 Å². The summed E-state index contributed by atoms with van der Waals surface area (Å²) in [6.07, 6.45) is 0. The number of carbonyl (C=O) groups excluding carboxylic acids is 3. The predicted molar refractivity (Wildman–Crippen MR) is 114 cm³/mol. The van der Waals surface area contributed by atoms with Crippen molar-refractivity contribution in [2.75, 3.05) is 40.4 Å². The third kappa shape index (κ3) is 4.69. The zero-order valence-corrected chi connectivity index (χ0v) is 18.0. The zero-order valence-electron chi connectivity index (χ0n) is 18.0. The van der Waals surface area contributed by atoms with Crippen molar-refractivity contribution >= 4 is 23.5 Å². The van der Waals surface area contributed by atoms with Gasteiger partial charge in [-0.2, -0.15) is 0 Å². The van der Waals surface area contributed by atoms with E-state index in [0.29, 0.717) is 24.4 Å². The van der Waals surface area contributed by atoms with E-state index < -0.39 is 16.8 Å². The topological polar surface area (TPSA) is 119 Å². The number of methoxy groups -OCH3 is 2. The standard InChI is InChI=1S/C22H23N3O7/c1-14-4-5-15(13-19(14)31-2)20(26)23-6-8-24(9-7-23)21(27)16-10-17(22(28)32-3)12-18(11-16)25(29)30/h4-5,10-13H,6-9H2,1-3H3. The number of nitro benzene ring substituents is 1. The first-order valence-electron chi connectivity index (χ1n) is 9.86. The van der Waals surface area contributed by atoms with Gasteiger partial charge in [0, 0.05) is 49.4 Å². The van der Waals surface area contributed by atoms with Gasteiger partial charge in [-0.05, 0) is 30.7 Å². The fourth-order valence-corrected chi connectivity index (χ4v) is 3.51. The third-order valence-corrected chi connectivity index (χ3v) is 5.31. The molecule has 32 heavy (non-hydrogen) atoms. The van der Waals surface area contributed by atoms with E-state index in [2.05, 4.69) is 4.74 Å². The zero-order chi connectivity index (χ0) is 23.4. The predicted octanol–water partition coefficient (Wildman–Crippen LogP) is 2.30. The van der Waals surface area contributed by atoms with Gasteiger partial charge in [0.1, 0.15) is 5.75 Å². The molecule has 0 spiro atoms. The fraction of sp³-hybridized carbons (Fsp3) is 0.318. The van der Waals surface area contributed by atoms with Gasteiger partial charge in [0.05, 0.1) is 24.7 Å². The van der Waals surface area contributed by atoms with Gasteiger partial charge in [0.15, 0.2) is 0 Å². The Bertz CT molecular complexity index is 1080. The quantitative estimate of drug-likeness (QED) is 0.397. The minimum atomic E-state index is -0.772. The molecule has 10 nitrogen and oxygen atoms in total. The van der Waals surface area contributed by atoms with Gasteiger partial charge < -0.3 is 19.3 Å². The van der Waals surface area contributed by atoms with Crippen molar-refractivity contribution in [2.24, 2.45) is 0 Å². The number of benzene rings is 2. The molecule has 0 bridgehead atoms. The van der Waals surface area contributed by atoms with Crippen LogP contribution in [-0.2, 0) is 4.74 Å². The van der Waals surface area contributed by atoms with Gasteiger partial charge in [-0.1, -0.05) is 6.07 Å². The first-order chi connectivity index (χ1) is 15.2. The number of hydrogen-bond acceptors (Lipinski definition) is 7. The van der Waals surface area contributed by atoms with E-state index in [1.54, 1.807) is 24.1 Å². The summed E-state index contributed by atoms with van der Waals surface area (Å²) in [5, 5.41) is 11.2. The number of esters is 1. The Morgan fingerprint density at radius 1 is 0.875 bits per heavy atom. The second-order valence-electron chi connectivity index (χ2n) is 7.29. The van der Waals surface area contributed by atoms with Crippen molar-refractivity contribution in [2.45, 2.75) is 6.92 Å². The van der Waals surface area contributed by atoms with Gasteiger partial charge >= 0.3 is 5.97 Å². The van der Waals surface area contributed by atoms with Crippen LogP contribution in [0.4, 0.5) is 5.69 Å². The average Bonchev–Trinajstić information content (AvgIpc) is 2.82. The van der Waals surface area contributed by atoms with Gasteiger partial charge in [0.2, 0.25) is 0 Å². The Hall–Kier alpha value is -3.95. The molecule has 0 unspecified atom stereocenters. The molecule has 1 aliphatic heterocycles. The van der Waals surface area contributed by atoms with Gasteiger partial charge in [0.25, 0.3) is 17.5 Å². The van der Waals surface area contributed by atoms with Crippen LogP contribution in [0.3, 0.4) is 0 Å². The van der Waals surface area contributed by atoms with E-state index >= 15 is 0 Å². The van der Waals surface area contributed by atoms with Crippen LogP contribution >= 0.6 is 0 Å². The van der Waals surface area contributed by atoms with Crippen molar-refractivity contribution in [3.8, 4) is 5.75 Å². The molecule has 1 heterocycles. The average molecular weight is 441 g/mol. The Morgan fingerprint density at radius 2 is 1.44 bits per heavy atom. The number of nitrogens with zero attached hydrogens (tertiary/aromatic N) is 3. The third-order valence-electron chi connectivity index (χ3n) is 5.31. The van der Waals surface area contributed by atoms with Crippen LogP contribution < -0.4 is 4.74 Å². The Morgan fingerprint density at radius 3 is 1.97 bits per heavy atom. The number of aryl methyl sites for hydroxylation is 1. The molecule has 0 aromatic heterocycles. The highest BCUT2D eigenvalue weighted by atomic mass is 16.6. The summed E-state index contributed by atoms with van der Waals surface area (Å²) in [6, 6.07) is 8.70. The number of ether oxygens (including phenoxy) is 2.